The number of rotatable bonds is 10. The second kappa shape index (κ2) is 12.0. The molecule has 156 valence electrons. The summed E-state index contributed by atoms with van der Waals surface area (Å²) in [6.45, 7) is 5.61. The first-order chi connectivity index (χ1) is 14.5. The molecule has 0 saturated carbocycles. The van der Waals surface area contributed by atoms with Gasteiger partial charge in [-0.1, -0.05) is 36.9 Å². The van der Waals surface area contributed by atoms with Crippen molar-refractivity contribution in [3.8, 4) is 5.75 Å². The van der Waals surface area contributed by atoms with Crippen LogP contribution in [-0.4, -0.2) is 31.1 Å². The minimum atomic E-state index is -0.465. The van der Waals surface area contributed by atoms with Crippen molar-refractivity contribution in [3.63, 3.8) is 0 Å². The highest BCUT2D eigenvalue weighted by Crippen LogP contribution is 2.15. The standard InChI is InChI=1S/C24H24O6/c1-3-5-23(26)29-17-15-19-8-12-21(13-9-19)30-24(27)20-10-6-18(7-11-20)14-16-28-22(25)4-2/h3-13H,2,14-17H2,1H3. The third kappa shape index (κ3) is 7.75. The van der Waals surface area contributed by atoms with Crippen molar-refractivity contribution in [1.82, 2.24) is 0 Å². The normalized spacial score (nSPS) is 10.4. The predicted octanol–water partition coefficient (Wildman–Crippen LogP) is 3.84. The maximum absolute atomic E-state index is 12.3. The summed E-state index contributed by atoms with van der Waals surface area (Å²) in [6, 6.07) is 13.9. The average Bonchev–Trinajstić information content (AvgIpc) is 2.75. The van der Waals surface area contributed by atoms with E-state index in [9.17, 15) is 14.4 Å². The summed E-state index contributed by atoms with van der Waals surface area (Å²) < 4.78 is 15.4. The molecule has 0 heterocycles. The molecule has 2 aromatic rings. The van der Waals surface area contributed by atoms with E-state index in [4.69, 9.17) is 14.2 Å². The number of benzene rings is 2. The van der Waals surface area contributed by atoms with Crippen molar-refractivity contribution in [2.75, 3.05) is 13.2 Å². The first-order valence-electron chi connectivity index (χ1n) is 9.50. The van der Waals surface area contributed by atoms with Gasteiger partial charge in [0, 0.05) is 25.0 Å². The van der Waals surface area contributed by atoms with Crippen molar-refractivity contribution < 1.29 is 28.6 Å². The number of hydrogen-bond acceptors (Lipinski definition) is 6. The van der Waals surface area contributed by atoms with E-state index in [2.05, 4.69) is 6.58 Å². The molecule has 0 bridgehead atoms. The Morgan fingerprint density at radius 2 is 1.37 bits per heavy atom. The van der Waals surface area contributed by atoms with Crippen molar-refractivity contribution in [2.24, 2.45) is 0 Å². The zero-order chi connectivity index (χ0) is 21.8. The summed E-state index contributed by atoms with van der Waals surface area (Å²) in [5.74, 6) is -0.870. The molecule has 0 N–H and O–H groups in total. The predicted molar refractivity (Wildman–Crippen MR) is 112 cm³/mol. The molecular formula is C24H24O6. The Bertz CT molecular complexity index is 894. The fourth-order valence-corrected chi connectivity index (χ4v) is 2.48. The Kier molecular flexibility index (Phi) is 9.06. The third-order valence-corrected chi connectivity index (χ3v) is 4.06. The van der Waals surface area contributed by atoms with E-state index < -0.39 is 11.9 Å². The molecule has 0 saturated heterocycles. The van der Waals surface area contributed by atoms with E-state index in [0.29, 0.717) is 24.2 Å². The number of carbonyl (C=O) groups excluding carboxylic acids is 3. The number of carbonyl (C=O) groups is 3. The van der Waals surface area contributed by atoms with Crippen LogP contribution in [-0.2, 0) is 31.9 Å². The Morgan fingerprint density at radius 3 is 1.90 bits per heavy atom. The molecule has 0 amide bonds. The fraction of sp³-hybridized carbons (Fsp3) is 0.208. The Balaban J connectivity index is 1.81. The van der Waals surface area contributed by atoms with Gasteiger partial charge in [-0.25, -0.2) is 14.4 Å². The lowest BCUT2D eigenvalue weighted by atomic mass is 10.1. The van der Waals surface area contributed by atoms with Crippen LogP contribution in [0.2, 0.25) is 0 Å². The molecule has 0 aliphatic rings. The Morgan fingerprint density at radius 1 is 0.833 bits per heavy atom. The van der Waals surface area contributed by atoms with Crippen molar-refractivity contribution in [3.05, 3.63) is 90.0 Å². The molecule has 6 heteroatoms. The Labute approximate surface area is 175 Å². The molecule has 2 aromatic carbocycles. The average molecular weight is 408 g/mol. The lowest BCUT2D eigenvalue weighted by Gasteiger charge is -2.07. The van der Waals surface area contributed by atoms with Crippen LogP contribution in [0.25, 0.3) is 0 Å². The Hall–Kier alpha value is -3.67. The van der Waals surface area contributed by atoms with Crippen LogP contribution in [0.15, 0.2) is 73.3 Å². The van der Waals surface area contributed by atoms with Crippen LogP contribution in [0, 0.1) is 0 Å². The SMILES string of the molecule is C=CC(=O)OCCc1ccc(C(=O)Oc2ccc(CCOC(=O)C=CC)cc2)cc1. The van der Waals surface area contributed by atoms with E-state index in [1.54, 1.807) is 49.4 Å². The van der Waals surface area contributed by atoms with Gasteiger partial charge in [-0.05, 0) is 42.3 Å². The largest absolute Gasteiger partial charge is 0.462 e. The number of hydrogen-bond donors (Lipinski definition) is 0. The molecule has 6 nitrogen and oxygen atoms in total. The summed E-state index contributed by atoms with van der Waals surface area (Å²) >= 11 is 0. The fourth-order valence-electron chi connectivity index (χ4n) is 2.48. The number of allylic oxidation sites excluding steroid dienone is 1. The maximum atomic E-state index is 12.3. The third-order valence-electron chi connectivity index (χ3n) is 4.06. The van der Waals surface area contributed by atoms with Gasteiger partial charge in [0.1, 0.15) is 5.75 Å². The summed E-state index contributed by atoms with van der Waals surface area (Å²) in [5, 5.41) is 0. The van der Waals surface area contributed by atoms with Crippen LogP contribution in [0.5, 0.6) is 5.75 Å². The summed E-state index contributed by atoms with van der Waals surface area (Å²) in [4.78, 5) is 34.6. The van der Waals surface area contributed by atoms with Gasteiger partial charge in [0.2, 0.25) is 0 Å². The molecule has 0 radical (unpaired) electrons. The van der Waals surface area contributed by atoms with E-state index in [1.807, 2.05) is 12.1 Å². The zero-order valence-electron chi connectivity index (χ0n) is 16.8. The smallest absolute Gasteiger partial charge is 0.343 e. The van der Waals surface area contributed by atoms with E-state index in [0.717, 1.165) is 17.2 Å². The molecule has 0 aromatic heterocycles. The molecule has 0 aliphatic heterocycles. The van der Waals surface area contributed by atoms with Gasteiger partial charge in [-0.2, -0.15) is 0 Å². The van der Waals surface area contributed by atoms with E-state index >= 15 is 0 Å². The maximum Gasteiger partial charge on any atom is 0.343 e. The van der Waals surface area contributed by atoms with Crippen LogP contribution in [0.4, 0.5) is 0 Å². The van der Waals surface area contributed by atoms with Gasteiger partial charge in [0.15, 0.2) is 0 Å². The second-order valence-electron chi connectivity index (χ2n) is 6.27. The van der Waals surface area contributed by atoms with Crippen LogP contribution in [0.1, 0.15) is 28.4 Å². The highest BCUT2D eigenvalue weighted by molar-refractivity contribution is 5.91. The van der Waals surface area contributed by atoms with E-state index in [1.165, 1.54) is 6.08 Å². The molecular weight excluding hydrogens is 384 g/mol. The lowest BCUT2D eigenvalue weighted by Crippen LogP contribution is -2.09. The molecule has 0 aliphatic carbocycles. The minimum Gasteiger partial charge on any atom is -0.462 e. The quantitative estimate of drug-likeness (QED) is 0.338. The summed E-state index contributed by atoms with van der Waals surface area (Å²) in [7, 11) is 0. The van der Waals surface area contributed by atoms with Gasteiger partial charge in [0.25, 0.3) is 0 Å². The van der Waals surface area contributed by atoms with Gasteiger partial charge in [-0.3, -0.25) is 0 Å². The van der Waals surface area contributed by atoms with Crippen molar-refractivity contribution >= 4 is 17.9 Å². The van der Waals surface area contributed by atoms with Crippen molar-refractivity contribution in [2.45, 2.75) is 19.8 Å². The first-order valence-corrected chi connectivity index (χ1v) is 9.50. The van der Waals surface area contributed by atoms with Crippen molar-refractivity contribution in [1.29, 1.82) is 0 Å². The van der Waals surface area contributed by atoms with E-state index in [-0.39, 0.29) is 19.2 Å². The summed E-state index contributed by atoms with van der Waals surface area (Å²) in [5.41, 5.74) is 2.31. The molecule has 2 rings (SSSR count). The monoisotopic (exact) mass is 408 g/mol. The number of esters is 3. The zero-order valence-corrected chi connectivity index (χ0v) is 16.8. The molecule has 0 spiro atoms. The number of ether oxygens (including phenoxy) is 3. The second-order valence-corrected chi connectivity index (χ2v) is 6.27. The van der Waals surface area contributed by atoms with Crippen LogP contribution in [0.3, 0.4) is 0 Å². The summed E-state index contributed by atoms with van der Waals surface area (Å²) in [6.07, 6.45) is 5.22. The van der Waals surface area contributed by atoms with Gasteiger partial charge < -0.3 is 14.2 Å². The molecule has 0 atom stereocenters. The van der Waals surface area contributed by atoms with Gasteiger partial charge >= 0.3 is 17.9 Å². The topological polar surface area (TPSA) is 78.9 Å². The highest BCUT2D eigenvalue weighted by Gasteiger charge is 2.09. The van der Waals surface area contributed by atoms with Crippen LogP contribution >= 0.6 is 0 Å². The first kappa shape index (κ1) is 22.6. The highest BCUT2D eigenvalue weighted by atomic mass is 16.5. The molecule has 30 heavy (non-hydrogen) atoms. The van der Waals surface area contributed by atoms with Gasteiger partial charge in [0.05, 0.1) is 18.8 Å². The van der Waals surface area contributed by atoms with Crippen LogP contribution < -0.4 is 4.74 Å². The minimum absolute atomic E-state index is 0.246. The molecule has 0 fully saturated rings. The lowest BCUT2D eigenvalue weighted by molar-refractivity contribution is -0.138. The molecule has 0 unspecified atom stereocenters. The van der Waals surface area contributed by atoms with Gasteiger partial charge in [-0.15, -0.1) is 0 Å².